The topological polar surface area (TPSA) is 32.3 Å². The number of benzene rings is 1. The Morgan fingerprint density at radius 3 is 2.60 bits per heavy atom. The van der Waals surface area contributed by atoms with Crippen molar-refractivity contribution in [2.24, 2.45) is 0 Å². The number of nitrogens with zero attached hydrogens (tertiary/aromatic N) is 1. The van der Waals surface area contributed by atoms with E-state index >= 15 is 0 Å². The van der Waals surface area contributed by atoms with Crippen LogP contribution >= 0.6 is 0 Å². The second-order valence-electron chi connectivity index (χ2n) is 5.68. The van der Waals surface area contributed by atoms with Gasteiger partial charge in [-0.3, -0.25) is 10.1 Å². The van der Waals surface area contributed by atoms with Gasteiger partial charge in [0, 0.05) is 6.54 Å². The van der Waals surface area contributed by atoms with Crippen LogP contribution < -0.4 is 5.32 Å². The lowest BCUT2D eigenvalue weighted by Crippen LogP contribution is -2.35. The van der Waals surface area contributed by atoms with Gasteiger partial charge in [-0.15, -0.1) is 0 Å². The van der Waals surface area contributed by atoms with E-state index in [1.54, 1.807) is 0 Å². The minimum atomic E-state index is -0.0569. The SMILES string of the molecule is CCCCCCN1C(=O)C(Cc2ccccc2)NC1C. The van der Waals surface area contributed by atoms with Crippen molar-refractivity contribution in [1.29, 1.82) is 0 Å². The lowest BCUT2D eigenvalue weighted by atomic mass is 10.1. The molecule has 1 aliphatic rings. The molecule has 2 unspecified atom stereocenters. The Bertz CT molecular complexity index is 418. The molecule has 0 aliphatic carbocycles. The molecule has 110 valence electrons. The van der Waals surface area contributed by atoms with Gasteiger partial charge in [-0.05, 0) is 25.3 Å². The van der Waals surface area contributed by atoms with Crippen molar-refractivity contribution in [3.8, 4) is 0 Å². The molecular weight excluding hydrogens is 248 g/mol. The first kappa shape index (κ1) is 15.0. The van der Waals surface area contributed by atoms with Gasteiger partial charge >= 0.3 is 0 Å². The van der Waals surface area contributed by atoms with Gasteiger partial charge < -0.3 is 4.90 Å². The lowest BCUT2D eigenvalue weighted by molar-refractivity contribution is -0.129. The highest BCUT2D eigenvalue weighted by atomic mass is 16.2. The fourth-order valence-electron chi connectivity index (χ4n) is 2.85. The summed E-state index contributed by atoms with van der Waals surface area (Å²) < 4.78 is 0. The predicted octanol–water partition coefficient (Wildman–Crippen LogP) is 2.96. The molecule has 3 nitrogen and oxygen atoms in total. The van der Waals surface area contributed by atoms with Crippen LogP contribution in [0.3, 0.4) is 0 Å². The maximum Gasteiger partial charge on any atom is 0.241 e. The second kappa shape index (κ2) is 7.44. The van der Waals surface area contributed by atoms with Crippen molar-refractivity contribution in [3.63, 3.8) is 0 Å². The molecular formula is C17H26N2O. The highest BCUT2D eigenvalue weighted by molar-refractivity contribution is 5.84. The Balaban J connectivity index is 1.86. The van der Waals surface area contributed by atoms with Crippen molar-refractivity contribution in [2.75, 3.05) is 6.54 Å². The van der Waals surface area contributed by atoms with Gasteiger partial charge in [0.1, 0.15) is 0 Å². The number of rotatable bonds is 7. The van der Waals surface area contributed by atoms with Crippen LogP contribution in [0.5, 0.6) is 0 Å². The molecule has 1 fully saturated rings. The first-order chi connectivity index (χ1) is 9.72. The van der Waals surface area contributed by atoms with Crippen molar-refractivity contribution in [2.45, 2.75) is 58.2 Å². The molecule has 1 aliphatic heterocycles. The minimum absolute atomic E-state index is 0.0569. The Morgan fingerprint density at radius 1 is 1.15 bits per heavy atom. The molecule has 1 aromatic rings. The van der Waals surface area contributed by atoms with E-state index in [0.717, 1.165) is 19.4 Å². The molecule has 0 bridgehead atoms. The summed E-state index contributed by atoms with van der Waals surface area (Å²) in [5.74, 6) is 0.262. The van der Waals surface area contributed by atoms with Crippen LogP contribution in [0.15, 0.2) is 30.3 Å². The van der Waals surface area contributed by atoms with Crippen molar-refractivity contribution >= 4 is 5.91 Å². The van der Waals surface area contributed by atoms with Gasteiger partial charge in [-0.2, -0.15) is 0 Å². The summed E-state index contributed by atoms with van der Waals surface area (Å²) in [6.07, 6.45) is 5.78. The third kappa shape index (κ3) is 3.83. The van der Waals surface area contributed by atoms with E-state index in [4.69, 9.17) is 0 Å². The van der Waals surface area contributed by atoms with Gasteiger partial charge in [0.05, 0.1) is 12.2 Å². The number of amides is 1. The Labute approximate surface area is 122 Å². The fourth-order valence-corrected chi connectivity index (χ4v) is 2.85. The number of carbonyl (C=O) groups is 1. The van der Waals surface area contributed by atoms with Crippen molar-refractivity contribution < 1.29 is 4.79 Å². The van der Waals surface area contributed by atoms with Crippen molar-refractivity contribution in [1.82, 2.24) is 10.2 Å². The third-order valence-corrected chi connectivity index (χ3v) is 4.03. The molecule has 0 spiro atoms. The maximum absolute atomic E-state index is 12.4. The summed E-state index contributed by atoms with van der Waals surface area (Å²) in [4.78, 5) is 14.5. The highest BCUT2D eigenvalue weighted by Crippen LogP contribution is 2.16. The summed E-state index contributed by atoms with van der Waals surface area (Å²) in [6, 6.07) is 10.2. The summed E-state index contributed by atoms with van der Waals surface area (Å²) in [5, 5.41) is 3.42. The molecule has 1 heterocycles. The molecule has 1 saturated heterocycles. The molecule has 1 N–H and O–H groups in total. The molecule has 0 aromatic heterocycles. The van der Waals surface area contributed by atoms with E-state index in [0.29, 0.717) is 0 Å². The van der Waals surface area contributed by atoms with Gasteiger partial charge in [-0.1, -0.05) is 56.5 Å². The summed E-state index contributed by atoms with van der Waals surface area (Å²) in [7, 11) is 0. The first-order valence-corrected chi connectivity index (χ1v) is 7.83. The predicted molar refractivity (Wildman–Crippen MR) is 82.4 cm³/mol. The smallest absolute Gasteiger partial charge is 0.241 e. The average molecular weight is 274 g/mol. The molecule has 0 saturated carbocycles. The molecule has 1 amide bonds. The van der Waals surface area contributed by atoms with E-state index in [2.05, 4.69) is 31.3 Å². The minimum Gasteiger partial charge on any atom is -0.326 e. The summed E-state index contributed by atoms with van der Waals surface area (Å²) in [6.45, 7) is 5.18. The Kier molecular flexibility index (Phi) is 5.60. The van der Waals surface area contributed by atoms with Crippen LogP contribution in [0.25, 0.3) is 0 Å². The molecule has 2 atom stereocenters. The second-order valence-corrected chi connectivity index (χ2v) is 5.68. The zero-order valence-electron chi connectivity index (χ0n) is 12.6. The van der Waals surface area contributed by atoms with Crippen LogP contribution in [-0.2, 0) is 11.2 Å². The Morgan fingerprint density at radius 2 is 1.90 bits per heavy atom. The average Bonchev–Trinajstić information content (AvgIpc) is 2.72. The number of carbonyl (C=O) groups excluding carboxylic acids is 1. The van der Waals surface area contributed by atoms with E-state index < -0.39 is 0 Å². The lowest BCUT2D eigenvalue weighted by Gasteiger charge is -2.20. The normalized spacial score (nSPS) is 22.5. The maximum atomic E-state index is 12.4. The van der Waals surface area contributed by atoms with Crippen LogP contribution in [0.1, 0.15) is 45.1 Å². The Hall–Kier alpha value is -1.35. The quantitative estimate of drug-likeness (QED) is 0.775. The van der Waals surface area contributed by atoms with Crippen LogP contribution in [-0.4, -0.2) is 29.6 Å². The fraction of sp³-hybridized carbons (Fsp3) is 0.588. The van der Waals surface area contributed by atoms with Gasteiger partial charge in [0.2, 0.25) is 5.91 Å². The molecule has 0 radical (unpaired) electrons. The number of hydrogen-bond acceptors (Lipinski definition) is 2. The standard InChI is InChI=1S/C17H26N2O/c1-3-4-5-9-12-19-14(2)18-16(17(19)20)13-15-10-7-6-8-11-15/h6-8,10-11,14,16,18H,3-5,9,12-13H2,1-2H3. The van der Waals surface area contributed by atoms with E-state index in [1.165, 1.54) is 24.8 Å². The van der Waals surface area contributed by atoms with Crippen LogP contribution in [0.2, 0.25) is 0 Å². The largest absolute Gasteiger partial charge is 0.326 e. The third-order valence-electron chi connectivity index (χ3n) is 4.03. The van der Waals surface area contributed by atoms with Crippen LogP contribution in [0, 0.1) is 0 Å². The van der Waals surface area contributed by atoms with E-state index in [1.807, 2.05) is 23.1 Å². The monoisotopic (exact) mass is 274 g/mol. The van der Waals surface area contributed by atoms with Gasteiger partial charge in [0.15, 0.2) is 0 Å². The first-order valence-electron chi connectivity index (χ1n) is 7.83. The van der Waals surface area contributed by atoms with E-state index in [-0.39, 0.29) is 18.1 Å². The zero-order chi connectivity index (χ0) is 14.4. The highest BCUT2D eigenvalue weighted by Gasteiger charge is 2.35. The number of nitrogens with one attached hydrogen (secondary N) is 1. The molecule has 2 rings (SSSR count). The van der Waals surface area contributed by atoms with Gasteiger partial charge in [0.25, 0.3) is 0 Å². The van der Waals surface area contributed by atoms with Crippen LogP contribution in [0.4, 0.5) is 0 Å². The van der Waals surface area contributed by atoms with E-state index in [9.17, 15) is 4.79 Å². The zero-order valence-corrected chi connectivity index (χ0v) is 12.6. The molecule has 1 aromatic carbocycles. The summed E-state index contributed by atoms with van der Waals surface area (Å²) in [5.41, 5.74) is 1.22. The van der Waals surface area contributed by atoms with Crippen molar-refractivity contribution in [3.05, 3.63) is 35.9 Å². The molecule has 20 heavy (non-hydrogen) atoms. The molecule has 3 heteroatoms. The van der Waals surface area contributed by atoms with Gasteiger partial charge in [-0.25, -0.2) is 0 Å². The summed E-state index contributed by atoms with van der Waals surface area (Å²) >= 11 is 0. The number of unbranched alkanes of at least 4 members (excludes halogenated alkanes) is 3. The number of hydrogen-bond donors (Lipinski definition) is 1.